The van der Waals surface area contributed by atoms with E-state index in [9.17, 15) is 17.2 Å². The summed E-state index contributed by atoms with van der Waals surface area (Å²) in [6.07, 6.45) is 2.45. The Morgan fingerprint density at radius 1 is 0.848 bits per heavy atom. The second kappa shape index (κ2) is 10.0. The van der Waals surface area contributed by atoms with Crippen LogP contribution in [0.25, 0.3) is 0 Å². The average Bonchev–Trinajstić information content (AvgIpc) is 3.05. The summed E-state index contributed by atoms with van der Waals surface area (Å²) in [6.45, 7) is 2.70. The number of anilines is 1. The highest BCUT2D eigenvalue weighted by Crippen LogP contribution is 2.37. The fourth-order valence-electron chi connectivity index (χ4n) is 4.54. The summed E-state index contributed by atoms with van der Waals surface area (Å²) in [5.74, 6) is -0.882. The summed E-state index contributed by atoms with van der Waals surface area (Å²) >= 11 is 0. The molecule has 0 radical (unpaired) electrons. The minimum Gasteiger partial charge on any atom is -0.271 e. The highest BCUT2D eigenvalue weighted by molar-refractivity contribution is 7.90. The molecule has 3 aromatic carbocycles. The topological polar surface area (TPSA) is 49.4 Å². The molecule has 0 spiro atoms. The molecular formula is C26H28F2N2O2S. The SMILES string of the molecule is Cc1ccc(NS(=O)(=O)N2CCCCC(C(c3ccc(F)cc3)c3ccc(F)cc3)C2)cc1. The van der Waals surface area contributed by atoms with Crippen LogP contribution >= 0.6 is 0 Å². The Morgan fingerprint density at radius 2 is 1.39 bits per heavy atom. The third kappa shape index (κ3) is 5.78. The molecule has 4 nitrogen and oxygen atoms in total. The highest BCUT2D eigenvalue weighted by Gasteiger charge is 2.33. The Bertz CT molecular complexity index is 1120. The van der Waals surface area contributed by atoms with Gasteiger partial charge in [-0.2, -0.15) is 12.7 Å². The van der Waals surface area contributed by atoms with Gasteiger partial charge in [-0.25, -0.2) is 8.78 Å². The zero-order valence-electron chi connectivity index (χ0n) is 18.5. The standard InChI is InChI=1S/C26H28F2N2O2S/c1-19-5-15-25(16-6-19)29-33(31,32)30-17-3-2-4-22(18-30)26(20-7-11-23(27)12-8-20)21-9-13-24(28)14-10-21/h5-16,22,26,29H,2-4,17-18H2,1H3. The molecule has 3 aromatic rings. The van der Waals surface area contributed by atoms with Gasteiger partial charge in [0.1, 0.15) is 11.6 Å². The highest BCUT2D eigenvalue weighted by atomic mass is 32.2. The Labute approximate surface area is 194 Å². The number of nitrogens with one attached hydrogen (secondary N) is 1. The van der Waals surface area contributed by atoms with Crippen LogP contribution in [0.2, 0.25) is 0 Å². The second-order valence-corrected chi connectivity index (χ2v) is 10.3. The van der Waals surface area contributed by atoms with Crippen LogP contribution in [-0.4, -0.2) is 25.8 Å². The molecule has 1 N–H and O–H groups in total. The molecule has 0 amide bonds. The van der Waals surface area contributed by atoms with E-state index in [-0.39, 0.29) is 23.5 Å². The molecule has 1 aliphatic heterocycles. The van der Waals surface area contributed by atoms with Crippen LogP contribution in [0.1, 0.15) is 41.9 Å². The number of hydrogen-bond donors (Lipinski definition) is 1. The first-order valence-electron chi connectivity index (χ1n) is 11.2. The number of halogens is 2. The van der Waals surface area contributed by atoms with Crippen molar-refractivity contribution < 1.29 is 17.2 Å². The van der Waals surface area contributed by atoms with Gasteiger partial charge in [0, 0.05) is 24.7 Å². The monoisotopic (exact) mass is 470 g/mol. The molecule has 0 aliphatic carbocycles. The molecular weight excluding hydrogens is 442 g/mol. The minimum absolute atomic E-state index is 0.0435. The summed E-state index contributed by atoms with van der Waals surface area (Å²) in [5.41, 5.74) is 3.35. The maximum atomic E-state index is 13.6. The molecule has 1 unspecified atom stereocenters. The van der Waals surface area contributed by atoms with E-state index in [1.807, 2.05) is 19.1 Å². The molecule has 33 heavy (non-hydrogen) atoms. The number of benzene rings is 3. The lowest BCUT2D eigenvalue weighted by Crippen LogP contribution is -2.39. The smallest absolute Gasteiger partial charge is 0.271 e. The van der Waals surface area contributed by atoms with E-state index >= 15 is 0 Å². The van der Waals surface area contributed by atoms with Crippen LogP contribution in [0.3, 0.4) is 0 Å². The fourth-order valence-corrected chi connectivity index (χ4v) is 5.86. The Morgan fingerprint density at radius 3 is 1.94 bits per heavy atom. The van der Waals surface area contributed by atoms with Crippen molar-refractivity contribution in [3.8, 4) is 0 Å². The quantitative estimate of drug-likeness (QED) is 0.490. The van der Waals surface area contributed by atoms with Gasteiger partial charge in [-0.1, -0.05) is 48.4 Å². The van der Waals surface area contributed by atoms with Crippen molar-refractivity contribution in [2.45, 2.75) is 32.1 Å². The summed E-state index contributed by atoms with van der Waals surface area (Å²) in [7, 11) is -3.75. The first kappa shape index (κ1) is 23.4. The van der Waals surface area contributed by atoms with Crippen molar-refractivity contribution in [2.24, 2.45) is 5.92 Å². The van der Waals surface area contributed by atoms with Gasteiger partial charge in [-0.15, -0.1) is 0 Å². The van der Waals surface area contributed by atoms with Gasteiger partial charge in [0.2, 0.25) is 0 Å². The molecule has 7 heteroatoms. The maximum Gasteiger partial charge on any atom is 0.301 e. The van der Waals surface area contributed by atoms with Gasteiger partial charge in [0.15, 0.2) is 0 Å². The molecule has 0 bridgehead atoms. The van der Waals surface area contributed by atoms with E-state index in [0.29, 0.717) is 18.8 Å². The van der Waals surface area contributed by atoms with Gasteiger partial charge >= 0.3 is 10.2 Å². The van der Waals surface area contributed by atoms with Gasteiger partial charge in [0.25, 0.3) is 0 Å². The number of nitrogens with zero attached hydrogens (tertiary/aromatic N) is 1. The van der Waals surface area contributed by atoms with Crippen molar-refractivity contribution in [1.29, 1.82) is 0 Å². The normalized spacial score (nSPS) is 17.6. The van der Waals surface area contributed by atoms with Crippen LogP contribution in [0.4, 0.5) is 14.5 Å². The zero-order chi connectivity index (χ0) is 23.4. The first-order valence-corrected chi connectivity index (χ1v) is 12.6. The van der Waals surface area contributed by atoms with E-state index in [1.54, 1.807) is 36.4 Å². The van der Waals surface area contributed by atoms with Crippen LogP contribution in [0.15, 0.2) is 72.8 Å². The van der Waals surface area contributed by atoms with E-state index < -0.39 is 10.2 Å². The Kier molecular flexibility index (Phi) is 7.10. The Balaban J connectivity index is 1.64. The summed E-state index contributed by atoms with van der Waals surface area (Å²) < 4.78 is 57.9. The first-order chi connectivity index (χ1) is 15.8. The van der Waals surface area contributed by atoms with Crippen LogP contribution < -0.4 is 4.72 Å². The van der Waals surface area contributed by atoms with Crippen LogP contribution in [0, 0.1) is 24.5 Å². The lowest BCUT2D eigenvalue weighted by molar-refractivity contribution is 0.344. The molecule has 1 heterocycles. The summed E-state index contributed by atoms with van der Waals surface area (Å²) in [4.78, 5) is 0. The van der Waals surface area contributed by atoms with Crippen LogP contribution in [0.5, 0.6) is 0 Å². The summed E-state index contributed by atoms with van der Waals surface area (Å²) in [6, 6.07) is 19.8. The van der Waals surface area contributed by atoms with Gasteiger partial charge in [-0.3, -0.25) is 4.72 Å². The van der Waals surface area contributed by atoms with Gasteiger partial charge in [0.05, 0.1) is 0 Å². The maximum absolute atomic E-state index is 13.6. The summed E-state index contributed by atoms with van der Waals surface area (Å²) in [5, 5.41) is 0. The van der Waals surface area contributed by atoms with Crippen molar-refractivity contribution in [1.82, 2.24) is 4.31 Å². The number of rotatable bonds is 6. The molecule has 0 aromatic heterocycles. The molecule has 4 rings (SSSR count). The molecule has 1 atom stereocenters. The third-order valence-electron chi connectivity index (χ3n) is 6.24. The van der Waals surface area contributed by atoms with E-state index in [2.05, 4.69) is 4.72 Å². The van der Waals surface area contributed by atoms with Crippen molar-refractivity contribution in [3.05, 3.63) is 101 Å². The predicted octanol–water partition coefficient (Wildman–Crippen LogP) is 5.86. The fraction of sp³-hybridized carbons (Fsp3) is 0.308. The van der Waals surface area contributed by atoms with Crippen molar-refractivity contribution in [2.75, 3.05) is 17.8 Å². The molecule has 1 fully saturated rings. The van der Waals surface area contributed by atoms with E-state index in [0.717, 1.165) is 36.0 Å². The third-order valence-corrected chi connectivity index (χ3v) is 7.74. The van der Waals surface area contributed by atoms with Gasteiger partial charge in [-0.05, 0) is 73.2 Å². The molecule has 0 saturated carbocycles. The molecule has 1 aliphatic rings. The second-order valence-electron chi connectivity index (χ2n) is 8.67. The molecule has 174 valence electrons. The lowest BCUT2D eigenvalue weighted by Gasteiger charge is -2.31. The predicted molar refractivity (Wildman–Crippen MR) is 127 cm³/mol. The lowest BCUT2D eigenvalue weighted by atomic mass is 9.78. The number of hydrogen-bond acceptors (Lipinski definition) is 2. The average molecular weight is 471 g/mol. The van der Waals surface area contributed by atoms with Crippen LogP contribution in [-0.2, 0) is 10.2 Å². The largest absolute Gasteiger partial charge is 0.301 e. The van der Waals surface area contributed by atoms with Crippen molar-refractivity contribution >= 4 is 15.9 Å². The number of aryl methyl sites for hydroxylation is 1. The van der Waals surface area contributed by atoms with Crippen molar-refractivity contribution in [3.63, 3.8) is 0 Å². The van der Waals surface area contributed by atoms with Gasteiger partial charge < -0.3 is 0 Å². The Hall–Kier alpha value is -2.77. The minimum atomic E-state index is -3.75. The van der Waals surface area contributed by atoms with E-state index in [4.69, 9.17) is 0 Å². The van der Waals surface area contributed by atoms with E-state index in [1.165, 1.54) is 28.6 Å². The zero-order valence-corrected chi connectivity index (χ0v) is 19.4. The molecule has 1 saturated heterocycles.